The van der Waals surface area contributed by atoms with Crippen molar-refractivity contribution < 1.29 is 4.74 Å². The molecule has 9 rings (SSSR count). The average molecular weight is 829 g/mol. The first-order chi connectivity index (χ1) is 30.0. The monoisotopic (exact) mass is 828 g/mol. The summed E-state index contributed by atoms with van der Waals surface area (Å²) in [7, 11) is 0. The second kappa shape index (κ2) is 15.6. The predicted octanol–water partition coefficient (Wildman–Crippen LogP) is 15.0. The topological polar surface area (TPSA) is 33.5 Å². The SMILES string of the molecule is CC(C)(C)c1cccc(N2C=CN(c3ccc(C(C)(C)c4ccccc4)c(Oc4ccc5c6cc(C(C)(C)C)ccc6n(-c6cc(C(C)(C)c7ccccc7)ccn6)c5c4)c3)C2)c1. The van der Waals surface area contributed by atoms with E-state index in [1.54, 1.807) is 0 Å². The van der Waals surface area contributed by atoms with Crippen LogP contribution in [0.15, 0.2) is 170 Å². The number of fused-ring (bicyclic) bond motifs is 3. The summed E-state index contributed by atoms with van der Waals surface area (Å²) in [6.45, 7) is 23.5. The Labute approximate surface area is 374 Å². The average Bonchev–Trinajstić information content (AvgIpc) is 3.90. The van der Waals surface area contributed by atoms with Gasteiger partial charge in [0.15, 0.2) is 0 Å². The molecular weight excluding hydrogens is 769 g/mol. The van der Waals surface area contributed by atoms with E-state index in [0.717, 1.165) is 45.0 Å². The van der Waals surface area contributed by atoms with E-state index in [9.17, 15) is 0 Å². The van der Waals surface area contributed by atoms with Crippen LogP contribution in [0.25, 0.3) is 27.6 Å². The van der Waals surface area contributed by atoms with Crippen molar-refractivity contribution in [1.82, 2.24) is 9.55 Å². The highest BCUT2D eigenvalue weighted by atomic mass is 16.5. The normalized spacial score (nSPS) is 13.7. The molecule has 1 aliphatic rings. The van der Waals surface area contributed by atoms with Gasteiger partial charge in [0.1, 0.15) is 17.3 Å². The van der Waals surface area contributed by atoms with Crippen LogP contribution in [-0.2, 0) is 21.7 Å². The summed E-state index contributed by atoms with van der Waals surface area (Å²) in [6.07, 6.45) is 6.29. The summed E-state index contributed by atoms with van der Waals surface area (Å²) in [5.74, 6) is 2.47. The lowest BCUT2D eigenvalue weighted by atomic mass is 9.77. The zero-order chi connectivity index (χ0) is 44.3. The van der Waals surface area contributed by atoms with Gasteiger partial charge in [-0.25, -0.2) is 4.98 Å². The van der Waals surface area contributed by atoms with E-state index in [1.807, 2.05) is 6.20 Å². The van der Waals surface area contributed by atoms with Gasteiger partial charge in [0.2, 0.25) is 0 Å². The largest absolute Gasteiger partial charge is 0.457 e. The minimum absolute atomic E-state index is 0.00542. The van der Waals surface area contributed by atoms with Gasteiger partial charge in [0, 0.05) is 69.3 Å². The number of hydrogen-bond acceptors (Lipinski definition) is 4. The van der Waals surface area contributed by atoms with E-state index in [4.69, 9.17) is 9.72 Å². The van der Waals surface area contributed by atoms with E-state index < -0.39 is 0 Å². The third-order valence-corrected chi connectivity index (χ3v) is 13.3. The molecule has 8 aromatic rings. The van der Waals surface area contributed by atoms with Gasteiger partial charge in [0.25, 0.3) is 0 Å². The summed E-state index contributed by atoms with van der Waals surface area (Å²) in [6, 6.07) is 54.9. The number of ether oxygens (including phenoxy) is 1. The van der Waals surface area contributed by atoms with Crippen LogP contribution in [0.3, 0.4) is 0 Å². The minimum Gasteiger partial charge on any atom is -0.457 e. The highest BCUT2D eigenvalue weighted by molar-refractivity contribution is 6.09. The number of hydrogen-bond donors (Lipinski definition) is 0. The maximum absolute atomic E-state index is 7.19. The van der Waals surface area contributed by atoms with Gasteiger partial charge in [0.05, 0.1) is 17.7 Å². The van der Waals surface area contributed by atoms with Crippen LogP contribution in [0.2, 0.25) is 0 Å². The molecule has 3 heterocycles. The molecule has 0 saturated heterocycles. The van der Waals surface area contributed by atoms with Crippen LogP contribution in [0.4, 0.5) is 11.4 Å². The number of pyridine rings is 1. The van der Waals surface area contributed by atoms with E-state index >= 15 is 0 Å². The summed E-state index contributed by atoms with van der Waals surface area (Å²) >= 11 is 0. The summed E-state index contributed by atoms with van der Waals surface area (Å²) in [5.41, 5.74) is 11.3. The molecule has 0 spiro atoms. The Kier molecular flexibility index (Phi) is 10.4. The smallest absolute Gasteiger partial charge is 0.137 e. The Morgan fingerprint density at radius 2 is 1.08 bits per heavy atom. The first kappa shape index (κ1) is 41.7. The molecule has 0 unspecified atom stereocenters. The maximum Gasteiger partial charge on any atom is 0.137 e. The fourth-order valence-electron chi connectivity index (χ4n) is 9.06. The molecule has 0 saturated carbocycles. The molecule has 6 aromatic carbocycles. The number of nitrogens with zero attached hydrogens (tertiary/aromatic N) is 4. The number of aromatic nitrogens is 2. The molecule has 2 aromatic heterocycles. The third-order valence-electron chi connectivity index (χ3n) is 13.3. The first-order valence-corrected chi connectivity index (χ1v) is 22.3. The fourth-order valence-corrected chi connectivity index (χ4v) is 9.06. The number of anilines is 2. The van der Waals surface area contributed by atoms with E-state index in [1.165, 1.54) is 38.9 Å². The van der Waals surface area contributed by atoms with Crippen molar-refractivity contribution in [3.8, 4) is 17.3 Å². The molecule has 0 fully saturated rings. The highest BCUT2D eigenvalue weighted by Crippen LogP contribution is 2.44. The van der Waals surface area contributed by atoms with Gasteiger partial charge < -0.3 is 14.5 Å². The quantitative estimate of drug-likeness (QED) is 0.145. The maximum atomic E-state index is 7.19. The molecule has 0 aliphatic carbocycles. The molecule has 0 amide bonds. The Hall–Kier alpha value is -6.59. The van der Waals surface area contributed by atoms with Crippen LogP contribution < -0.4 is 14.5 Å². The number of rotatable bonds is 9. The van der Waals surface area contributed by atoms with Gasteiger partial charge in [-0.1, -0.05) is 154 Å². The molecule has 0 bridgehead atoms. The lowest BCUT2D eigenvalue weighted by molar-refractivity contribution is 0.462. The van der Waals surface area contributed by atoms with Crippen molar-refractivity contribution in [3.63, 3.8) is 0 Å². The number of benzene rings is 6. The lowest BCUT2D eigenvalue weighted by Gasteiger charge is -2.30. The second-order valence-corrected chi connectivity index (χ2v) is 20.3. The van der Waals surface area contributed by atoms with Crippen molar-refractivity contribution in [2.75, 3.05) is 16.5 Å². The van der Waals surface area contributed by atoms with Gasteiger partial charge >= 0.3 is 0 Å². The summed E-state index contributed by atoms with van der Waals surface area (Å²) in [5, 5.41) is 2.36. The van der Waals surface area contributed by atoms with Crippen LogP contribution >= 0.6 is 0 Å². The Morgan fingerprint density at radius 3 is 1.75 bits per heavy atom. The second-order valence-electron chi connectivity index (χ2n) is 20.3. The first-order valence-electron chi connectivity index (χ1n) is 22.3. The third kappa shape index (κ3) is 7.90. The fraction of sp³-hybridized carbons (Fsp3) is 0.259. The van der Waals surface area contributed by atoms with Crippen molar-refractivity contribution in [1.29, 1.82) is 0 Å². The van der Waals surface area contributed by atoms with Crippen molar-refractivity contribution in [2.45, 2.75) is 90.9 Å². The van der Waals surface area contributed by atoms with Crippen molar-refractivity contribution in [3.05, 3.63) is 204 Å². The molecule has 0 atom stereocenters. The van der Waals surface area contributed by atoms with E-state index in [2.05, 4.69) is 248 Å². The van der Waals surface area contributed by atoms with E-state index in [-0.39, 0.29) is 21.7 Å². The van der Waals surface area contributed by atoms with Gasteiger partial charge in [-0.2, -0.15) is 0 Å². The summed E-state index contributed by atoms with van der Waals surface area (Å²) in [4.78, 5) is 9.66. The Balaban J connectivity index is 1.15. The molecule has 63 heavy (non-hydrogen) atoms. The van der Waals surface area contributed by atoms with Crippen LogP contribution in [0, 0.1) is 0 Å². The predicted molar refractivity (Wildman–Crippen MR) is 265 cm³/mol. The molecular formula is C58H60N4O. The molecule has 5 heteroatoms. The van der Waals surface area contributed by atoms with Crippen LogP contribution in [0.1, 0.15) is 103 Å². The van der Waals surface area contributed by atoms with Crippen molar-refractivity contribution in [2.24, 2.45) is 0 Å². The minimum atomic E-state index is -0.340. The molecule has 1 aliphatic heterocycles. The zero-order valence-corrected chi connectivity index (χ0v) is 38.6. The molecule has 0 N–H and O–H groups in total. The van der Waals surface area contributed by atoms with Gasteiger partial charge in [-0.05, 0) is 93.2 Å². The van der Waals surface area contributed by atoms with Crippen LogP contribution in [-0.4, -0.2) is 16.2 Å². The standard InChI is InChI=1S/C58H60N4O/c1-55(2,3)42-22-17-23-45(34-42)60-32-33-61(39-60)46-25-28-50(58(9,10)41-20-15-12-16-21-41)53(37-46)63-47-26-27-48-49-35-43(56(4,5)6)24-29-51(49)62(52(48)38-47)54-36-44(30-31-59-54)57(7,8)40-18-13-11-14-19-40/h11-38H,39H2,1-10H3. The molecule has 0 radical (unpaired) electrons. The van der Waals surface area contributed by atoms with Gasteiger partial charge in [-0.3, -0.25) is 4.57 Å². The molecule has 318 valence electrons. The van der Waals surface area contributed by atoms with Gasteiger partial charge in [-0.15, -0.1) is 0 Å². The highest BCUT2D eigenvalue weighted by Gasteiger charge is 2.30. The lowest BCUT2D eigenvalue weighted by Crippen LogP contribution is -2.25. The summed E-state index contributed by atoms with van der Waals surface area (Å²) < 4.78 is 9.51. The van der Waals surface area contributed by atoms with Crippen molar-refractivity contribution >= 4 is 33.2 Å². The molecule has 5 nitrogen and oxygen atoms in total. The van der Waals surface area contributed by atoms with Crippen LogP contribution in [0.5, 0.6) is 11.5 Å². The zero-order valence-electron chi connectivity index (χ0n) is 38.6. The Bertz CT molecular complexity index is 2980. The van der Waals surface area contributed by atoms with E-state index in [0.29, 0.717) is 6.67 Å². The Morgan fingerprint density at radius 1 is 0.460 bits per heavy atom.